The molecule has 1 saturated heterocycles. The average Bonchev–Trinajstić information content (AvgIpc) is 3.57. The molecule has 2 fully saturated rings. The Hall–Kier alpha value is -2.84. The van der Waals surface area contributed by atoms with E-state index in [2.05, 4.69) is 9.97 Å². The molecule has 0 spiro atoms. The number of hydrogen-bond acceptors (Lipinski definition) is 6. The fraction of sp³-hybridized carbons (Fsp3) is 0.391. The van der Waals surface area contributed by atoms with Crippen LogP contribution in [0, 0.1) is 0 Å². The monoisotopic (exact) mass is 436 g/mol. The van der Waals surface area contributed by atoms with Crippen LogP contribution in [0.4, 0.5) is 0 Å². The number of hydrogen-bond donors (Lipinski definition) is 0. The molecular formula is C23H24N4O3S. The highest BCUT2D eigenvalue weighted by molar-refractivity contribution is 7.20. The van der Waals surface area contributed by atoms with Crippen LogP contribution >= 0.6 is 11.3 Å². The van der Waals surface area contributed by atoms with Gasteiger partial charge in [0.2, 0.25) is 5.91 Å². The summed E-state index contributed by atoms with van der Waals surface area (Å²) in [5.74, 6) is 0.0169. The number of pyridine rings is 2. The van der Waals surface area contributed by atoms with E-state index in [1.54, 1.807) is 24.2 Å². The molecule has 0 N–H and O–H groups in total. The molecule has 3 aromatic heterocycles. The number of morpholine rings is 1. The minimum Gasteiger partial charge on any atom is -0.370 e. The Morgan fingerprint density at radius 1 is 1.19 bits per heavy atom. The molecule has 3 aromatic rings. The normalized spacial score (nSPS) is 18.9. The maximum absolute atomic E-state index is 13.8. The van der Waals surface area contributed by atoms with Gasteiger partial charge in [0.25, 0.3) is 5.91 Å². The third-order valence-corrected chi connectivity index (χ3v) is 6.96. The van der Waals surface area contributed by atoms with Gasteiger partial charge in [-0.25, -0.2) is 4.98 Å². The molecule has 1 atom stereocenters. The van der Waals surface area contributed by atoms with E-state index < -0.39 is 0 Å². The van der Waals surface area contributed by atoms with E-state index in [1.807, 2.05) is 35.2 Å². The molecular weight excluding hydrogens is 412 g/mol. The van der Waals surface area contributed by atoms with Crippen molar-refractivity contribution in [3.05, 3.63) is 58.9 Å². The van der Waals surface area contributed by atoms with Gasteiger partial charge in [-0.3, -0.25) is 14.6 Å². The van der Waals surface area contributed by atoms with E-state index in [0.29, 0.717) is 31.1 Å². The lowest BCUT2D eigenvalue weighted by molar-refractivity contribution is -0.136. The highest BCUT2D eigenvalue weighted by Gasteiger charge is 2.37. The van der Waals surface area contributed by atoms with Crippen molar-refractivity contribution in [2.75, 3.05) is 19.7 Å². The largest absolute Gasteiger partial charge is 0.370 e. The average molecular weight is 437 g/mol. The molecule has 1 aliphatic heterocycles. The number of ether oxygens (including phenoxy) is 1. The first-order chi connectivity index (χ1) is 15.1. The van der Waals surface area contributed by atoms with Crippen LogP contribution in [0.15, 0.2) is 42.7 Å². The zero-order valence-electron chi connectivity index (χ0n) is 17.4. The molecule has 1 aliphatic carbocycles. The molecule has 5 rings (SSSR count). The fourth-order valence-electron chi connectivity index (χ4n) is 4.09. The van der Waals surface area contributed by atoms with E-state index in [0.717, 1.165) is 34.3 Å². The third-order valence-electron chi connectivity index (χ3n) is 5.84. The van der Waals surface area contributed by atoms with Gasteiger partial charge in [0.15, 0.2) is 0 Å². The molecule has 7 nitrogen and oxygen atoms in total. The molecule has 0 bridgehead atoms. The van der Waals surface area contributed by atoms with Crippen LogP contribution < -0.4 is 0 Å². The second kappa shape index (κ2) is 8.36. The lowest BCUT2D eigenvalue weighted by Crippen LogP contribution is -2.41. The van der Waals surface area contributed by atoms with Crippen LogP contribution in [0.2, 0.25) is 0 Å². The third kappa shape index (κ3) is 4.05. The zero-order valence-corrected chi connectivity index (χ0v) is 18.2. The van der Waals surface area contributed by atoms with Crippen molar-refractivity contribution in [2.45, 2.75) is 38.5 Å². The number of amides is 2. The van der Waals surface area contributed by atoms with E-state index in [9.17, 15) is 9.59 Å². The maximum Gasteiger partial charge on any atom is 0.265 e. The van der Waals surface area contributed by atoms with Gasteiger partial charge in [-0.15, -0.1) is 11.3 Å². The van der Waals surface area contributed by atoms with Crippen LogP contribution in [0.1, 0.15) is 46.8 Å². The van der Waals surface area contributed by atoms with Gasteiger partial charge in [0, 0.05) is 42.9 Å². The molecule has 2 aliphatic rings. The van der Waals surface area contributed by atoms with E-state index >= 15 is 0 Å². The molecule has 31 heavy (non-hydrogen) atoms. The first-order valence-electron chi connectivity index (χ1n) is 10.6. The zero-order chi connectivity index (χ0) is 21.4. The first-order valence-corrected chi connectivity index (χ1v) is 11.4. The number of aromatic nitrogens is 2. The molecule has 0 radical (unpaired) electrons. The summed E-state index contributed by atoms with van der Waals surface area (Å²) in [5.41, 5.74) is 1.73. The summed E-state index contributed by atoms with van der Waals surface area (Å²) in [6.45, 7) is 3.53. The van der Waals surface area contributed by atoms with Crippen molar-refractivity contribution >= 4 is 33.4 Å². The molecule has 2 amide bonds. The summed E-state index contributed by atoms with van der Waals surface area (Å²) >= 11 is 1.41. The second-order valence-corrected chi connectivity index (χ2v) is 9.01. The van der Waals surface area contributed by atoms with Crippen molar-refractivity contribution in [1.29, 1.82) is 0 Å². The predicted molar refractivity (Wildman–Crippen MR) is 118 cm³/mol. The highest BCUT2D eigenvalue weighted by Crippen LogP contribution is 2.40. The van der Waals surface area contributed by atoms with Crippen LogP contribution in [0.3, 0.4) is 0 Å². The second-order valence-electron chi connectivity index (χ2n) is 8.01. The predicted octanol–water partition coefficient (Wildman–Crippen LogP) is 3.42. The van der Waals surface area contributed by atoms with Gasteiger partial charge in [0.1, 0.15) is 15.8 Å². The summed E-state index contributed by atoms with van der Waals surface area (Å²) in [5, 5.41) is 0.930. The van der Waals surface area contributed by atoms with Gasteiger partial charge in [-0.2, -0.15) is 0 Å². The standard InChI is InChI=1S/C23H24N4O3S/c1-15(28)26-11-12-30-19(14-26)20-18-6-4-10-25-22(18)31-21(20)23(29)27(17-7-8-17)13-16-5-2-3-9-24-16/h2-6,9-10,17,19H,7-8,11-14H2,1H3/t19-/m1/s1. The van der Waals surface area contributed by atoms with Gasteiger partial charge in [-0.05, 0) is 31.0 Å². The Morgan fingerprint density at radius 3 is 2.77 bits per heavy atom. The molecule has 0 unspecified atom stereocenters. The maximum atomic E-state index is 13.8. The quantitative estimate of drug-likeness (QED) is 0.613. The lowest BCUT2D eigenvalue weighted by Gasteiger charge is -2.33. The Morgan fingerprint density at radius 2 is 2.03 bits per heavy atom. The van der Waals surface area contributed by atoms with Crippen molar-refractivity contribution in [3.63, 3.8) is 0 Å². The smallest absolute Gasteiger partial charge is 0.265 e. The van der Waals surface area contributed by atoms with E-state index in [1.165, 1.54) is 11.3 Å². The molecule has 1 saturated carbocycles. The Balaban J connectivity index is 1.53. The molecule has 4 heterocycles. The van der Waals surface area contributed by atoms with E-state index in [4.69, 9.17) is 4.74 Å². The number of thiophene rings is 1. The molecule has 0 aromatic carbocycles. The minimum absolute atomic E-state index is 0.00491. The summed E-state index contributed by atoms with van der Waals surface area (Å²) in [7, 11) is 0. The van der Waals surface area contributed by atoms with Crippen LogP contribution in [0.5, 0.6) is 0 Å². The van der Waals surface area contributed by atoms with Crippen LogP contribution in [-0.4, -0.2) is 57.3 Å². The summed E-state index contributed by atoms with van der Waals surface area (Å²) < 4.78 is 6.08. The number of carbonyl (C=O) groups is 2. The van der Waals surface area contributed by atoms with Gasteiger partial charge in [0.05, 0.1) is 25.4 Å². The SMILES string of the molecule is CC(=O)N1CCO[C@@H](c2c(C(=O)N(Cc3ccccn3)C3CC3)sc3ncccc23)C1. The molecule has 8 heteroatoms. The highest BCUT2D eigenvalue weighted by atomic mass is 32.1. The number of rotatable bonds is 5. The number of carbonyl (C=O) groups excluding carboxylic acids is 2. The summed E-state index contributed by atoms with van der Waals surface area (Å²) in [6.07, 6.45) is 5.17. The molecule has 160 valence electrons. The van der Waals surface area contributed by atoms with E-state index in [-0.39, 0.29) is 24.0 Å². The topological polar surface area (TPSA) is 75.6 Å². The first kappa shape index (κ1) is 20.1. The van der Waals surface area contributed by atoms with Gasteiger partial charge < -0.3 is 14.5 Å². The van der Waals surface area contributed by atoms with Crippen LogP contribution in [-0.2, 0) is 16.1 Å². The Bertz CT molecular complexity index is 1110. The van der Waals surface area contributed by atoms with Crippen molar-refractivity contribution in [3.8, 4) is 0 Å². The van der Waals surface area contributed by atoms with Crippen molar-refractivity contribution in [1.82, 2.24) is 19.8 Å². The summed E-state index contributed by atoms with van der Waals surface area (Å²) in [4.78, 5) is 39.9. The van der Waals surface area contributed by atoms with Crippen LogP contribution in [0.25, 0.3) is 10.2 Å². The number of nitrogens with zero attached hydrogens (tertiary/aromatic N) is 4. The minimum atomic E-state index is -0.342. The summed E-state index contributed by atoms with van der Waals surface area (Å²) in [6, 6.07) is 9.88. The lowest BCUT2D eigenvalue weighted by atomic mass is 10.0. The Kier molecular flexibility index (Phi) is 5.41. The number of fused-ring (bicyclic) bond motifs is 1. The van der Waals surface area contributed by atoms with Gasteiger partial charge in [-0.1, -0.05) is 12.1 Å². The van der Waals surface area contributed by atoms with Crippen molar-refractivity contribution < 1.29 is 14.3 Å². The Labute approximate surface area is 184 Å². The fourth-order valence-corrected chi connectivity index (χ4v) is 5.24. The van der Waals surface area contributed by atoms with Crippen molar-refractivity contribution in [2.24, 2.45) is 0 Å². The van der Waals surface area contributed by atoms with Gasteiger partial charge >= 0.3 is 0 Å².